The van der Waals surface area contributed by atoms with Crippen LogP contribution in [0.1, 0.15) is 11.3 Å². The summed E-state index contributed by atoms with van der Waals surface area (Å²) < 4.78 is 2.79. The maximum absolute atomic E-state index is 7.74. The molecule has 0 spiro atoms. The Morgan fingerprint density at radius 2 is 2.13 bits per heavy atom. The summed E-state index contributed by atoms with van der Waals surface area (Å²) in [6.45, 7) is 1.97. The van der Waals surface area contributed by atoms with Crippen molar-refractivity contribution in [1.82, 2.24) is 14.8 Å². The summed E-state index contributed by atoms with van der Waals surface area (Å²) in [4.78, 5) is 4.76. The minimum Gasteiger partial charge on any atom is -0.388 e. The van der Waals surface area contributed by atoms with Crippen LogP contribution in [0.25, 0.3) is 22.0 Å². The molecule has 0 unspecified atom stereocenters. The lowest BCUT2D eigenvalue weighted by Crippen LogP contribution is -1.98. The van der Waals surface area contributed by atoms with Crippen LogP contribution in [0.4, 0.5) is 5.69 Å². The Morgan fingerprint density at radius 1 is 1.35 bits per heavy atom. The summed E-state index contributed by atoms with van der Waals surface area (Å²) in [5.41, 5.74) is 5.53. The number of anilines is 1. The smallest absolute Gasteiger partial charge is 0.124 e. The summed E-state index contributed by atoms with van der Waals surface area (Å²) in [5.74, 6) is 0. The van der Waals surface area contributed by atoms with Crippen molar-refractivity contribution < 1.29 is 0 Å². The minimum atomic E-state index is 0.831. The van der Waals surface area contributed by atoms with Crippen LogP contribution in [0, 0.1) is 12.3 Å². The summed E-state index contributed by atoms with van der Waals surface area (Å²) in [5, 5.41) is 18.2. The van der Waals surface area contributed by atoms with Crippen LogP contribution in [-0.4, -0.2) is 28.0 Å². The lowest BCUT2D eigenvalue weighted by molar-refractivity contribution is 0.762. The largest absolute Gasteiger partial charge is 0.388 e. The number of nitrogens with zero attached hydrogens (tertiary/aromatic N) is 3. The van der Waals surface area contributed by atoms with Gasteiger partial charge in [0.25, 0.3) is 0 Å². The van der Waals surface area contributed by atoms with Crippen molar-refractivity contribution in [1.29, 1.82) is 5.41 Å². The van der Waals surface area contributed by atoms with Crippen molar-refractivity contribution in [3.63, 3.8) is 0 Å². The van der Waals surface area contributed by atoms with Crippen molar-refractivity contribution in [2.24, 2.45) is 7.05 Å². The highest BCUT2D eigenvalue weighted by molar-refractivity contribution is 9.10. The van der Waals surface area contributed by atoms with E-state index in [4.69, 9.17) is 10.4 Å². The highest BCUT2D eigenvalue weighted by atomic mass is 79.9. The summed E-state index contributed by atoms with van der Waals surface area (Å²) in [6.07, 6.45) is 1.36. The maximum atomic E-state index is 7.74. The number of rotatable bonds is 4. The van der Waals surface area contributed by atoms with E-state index in [0.717, 1.165) is 43.4 Å². The number of aryl methyl sites for hydroxylation is 2. The summed E-state index contributed by atoms with van der Waals surface area (Å²) >= 11 is 5.10. The first-order chi connectivity index (χ1) is 11.0. The molecule has 0 aliphatic carbocycles. The van der Waals surface area contributed by atoms with E-state index in [2.05, 4.69) is 26.3 Å². The van der Waals surface area contributed by atoms with Crippen molar-refractivity contribution in [3.05, 3.63) is 39.3 Å². The molecule has 118 valence electrons. The fourth-order valence-electron chi connectivity index (χ4n) is 2.52. The topological polar surface area (TPSA) is 66.6 Å². The number of halogens is 1. The Hall–Kier alpha value is -1.99. The van der Waals surface area contributed by atoms with Crippen LogP contribution >= 0.6 is 27.3 Å². The average Bonchev–Trinajstić information content (AvgIpc) is 3.12. The van der Waals surface area contributed by atoms with Gasteiger partial charge in [-0.05, 0) is 25.1 Å². The standard InChI is InChI=1S/C16H16BrN5S/c1-9-4-15(22(3)21-9)14-8-23-16(20-14)11-5-10(17)6-13(19-2)12(11)7-18/h4-8,18-19H,1-3H3. The van der Waals surface area contributed by atoms with Gasteiger partial charge in [-0.25, -0.2) is 4.98 Å². The Labute approximate surface area is 147 Å². The second-order valence-electron chi connectivity index (χ2n) is 5.14. The predicted molar refractivity (Wildman–Crippen MR) is 99.6 cm³/mol. The van der Waals surface area contributed by atoms with E-state index in [0.29, 0.717) is 0 Å². The predicted octanol–water partition coefficient (Wildman–Crippen LogP) is 4.32. The molecule has 23 heavy (non-hydrogen) atoms. The molecule has 0 aliphatic heterocycles. The molecule has 0 saturated carbocycles. The van der Waals surface area contributed by atoms with E-state index in [1.54, 1.807) is 11.3 Å². The maximum Gasteiger partial charge on any atom is 0.124 e. The minimum absolute atomic E-state index is 0.831. The van der Waals surface area contributed by atoms with Gasteiger partial charge in [0.15, 0.2) is 0 Å². The van der Waals surface area contributed by atoms with E-state index < -0.39 is 0 Å². The Balaban J connectivity index is 2.12. The van der Waals surface area contributed by atoms with Gasteiger partial charge in [0.1, 0.15) is 5.01 Å². The average molecular weight is 390 g/mol. The van der Waals surface area contributed by atoms with Crippen molar-refractivity contribution in [2.45, 2.75) is 6.92 Å². The first-order valence-corrected chi connectivity index (χ1v) is 8.69. The molecule has 3 aromatic rings. The molecule has 2 N–H and O–H groups in total. The van der Waals surface area contributed by atoms with Gasteiger partial charge in [-0.1, -0.05) is 15.9 Å². The Morgan fingerprint density at radius 3 is 2.74 bits per heavy atom. The first-order valence-electron chi connectivity index (χ1n) is 7.02. The van der Waals surface area contributed by atoms with Crippen molar-refractivity contribution >= 4 is 39.2 Å². The first kappa shape index (κ1) is 15.9. The molecule has 0 saturated heterocycles. The highest BCUT2D eigenvalue weighted by Gasteiger charge is 2.15. The van der Waals surface area contributed by atoms with Crippen molar-refractivity contribution in [3.8, 4) is 22.0 Å². The molecule has 0 aliphatic rings. The summed E-state index contributed by atoms with van der Waals surface area (Å²) in [7, 11) is 3.77. The molecule has 2 aromatic heterocycles. The lowest BCUT2D eigenvalue weighted by atomic mass is 10.1. The zero-order valence-corrected chi connectivity index (χ0v) is 15.4. The van der Waals surface area contributed by atoms with Gasteiger partial charge >= 0.3 is 0 Å². The van der Waals surface area contributed by atoms with E-state index in [1.165, 1.54) is 6.21 Å². The van der Waals surface area contributed by atoms with Gasteiger partial charge in [-0.15, -0.1) is 11.3 Å². The number of benzene rings is 1. The molecule has 0 radical (unpaired) electrons. The van der Waals surface area contributed by atoms with Gasteiger partial charge in [-0.2, -0.15) is 5.10 Å². The van der Waals surface area contributed by atoms with Gasteiger partial charge in [-0.3, -0.25) is 4.68 Å². The molecule has 0 fully saturated rings. The molecular weight excluding hydrogens is 374 g/mol. The van der Waals surface area contributed by atoms with E-state index in [-0.39, 0.29) is 0 Å². The van der Waals surface area contributed by atoms with Crippen LogP contribution < -0.4 is 5.32 Å². The quantitative estimate of drug-likeness (QED) is 0.652. The Bertz CT molecular complexity index is 881. The monoisotopic (exact) mass is 389 g/mol. The molecule has 3 rings (SSSR count). The van der Waals surface area contributed by atoms with Crippen LogP contribution in [0.15, 0.2) is 28.1 Å². The molecule has 0 bridgehead atoms. The number of thiazole rings is 1. The normalized spacial score (nSPS) is 10.8. The molecule has 0 atom stereocenters. The molecule has 5 nitrogen and oxygen atoms in total. The highest BCUT2D eigenvalue weighted by Crippen LogP contribution is 2.35. The van der Waals surface area contributed by atoms with Gasteiger partial charge in [0.2, 0.25) is 0 Å². The van der Waals surface area contributed by atoms with Crippen LogP contribution in [-0.2, 0) is 7.05 Å². The van der Waals surface area contributed by atoms with Gasteiger partial charge in [0, 0.05) is 47.0 Å². The number of hydrogen-bond donors (Lipinski definition) is 2. The second-order valence-corrected chi connectivity index (χ2v) is 6.92. The zero-order chi connectivity index (χ0) is 16.6. The van der Waals surface area contributed by atoms with Crippen LogP contribution in [0.5, 0.6) is 0 Å². The zero-order valence-electron chi connectivity index (χ0n) is 13.0. The fraction of sp³-hybridized carbons (Fsp3) is 0.188. The fourth-order valence-corrected chi connectivity index (χ4v) is 3.82. The molecule has 0 amide bonds. The molecular formula is C16H16BrN5S. The third-order valence-electron chi connectivity index (χ3n) is 3.56. The van der Waals surface area contributed by atoms with E-state index in [9.17, 15) is 0 Å². The van der Waals surface area contributed by atoms with E-state index in [1.807, 2.05) is 49.3 Å². The third-order valence-corrected chi connectivity index (χ3v) is 4.89. The van der Waals surface area contributed by atoms with Crippen molar-refractivity contribution in [2.75, 3.05) is 12.4 Å². The van der Waals surface area contributed by atoms with Gasteiger partial charge in [0.05, 0.1) is 17.1 Å². The van der Waals surface area contributed by atoms with Gasteiger partial charge < -0.3 is 10.7 Å². The summed E-state index contributed by atoms with van der Waals surface area (Å²) in [6, 6.07) is 5.98. The number of hydrogen-bond acceptors (Lipinski definition) is 5. The second kappa shape index (κ2) is 6.25. The Kier molecular flexibility index (Phi) is 4.32. The molecule has 1 aromatic carbocycles. The van der Waals surface area contributed by atoms with Crippen LogP contribution in [0.2, 0.25) is 0 Å². The lowest BCUT2D eigenvalue weighted by Gasteiger charge is -2.10. The third kappa shape index (κ3) is 2.94. The molecule has 7 heteroatoms. The molecule has 2 heterocycles. The SMILES string of the molecule is CNc1cc(Br)cc(-c2nc(-c3cc(C)nn3C)cs2)c1C=N. The van der Waals surface area contributed by atoms with E-state index >= 15 is 0 Å². The van der Waals surface area contributed by atoms with Crippen LogP contribution in [0.3, 0.4) is 0 Å². The number of nitrogens with one attached hydrogen (secondary N) is 2. The number of aromatic nitrogens is 3.